The van der Waals surface area contributed by atoms with Crippen LogP contribution in [-0.4, -0.2) is 39.2 Å². The summed E-state index contributed by atoms with van der Waals surface area (Å²) in [4.78, 5) is 35.9. The smallest absolute Gasteiger partial charge is 0.339 e. The number of hydrogen-bond acceptors (Lipinski definition) is 6. The van der Waals surface area contributed by atoms with E-state index in [1.807, 2.05) is 0 Å². The predicted octanol–water partition coefficient (Wildman–Crippen LogP) is 2.45. The van der Waals surface area contributed by atoms with Gasteiger partial charge in [-0.1, -0.05) is 12.1 Å². The SMILES string of the molecule is COC(=O)c1ccc(C(=O)OC)c(NC(=O)Cc2ccc(OC)cc2)c1. The highest BCUT2D eigenvalue weighted by molar-refractivity contribution is 6.03. The summed E-state index contributed by atoms with van der Waals surface area (Å²) in [5.74, 6) is -0.858. The minimum atomic E-state index is -0.624. The molecule has 7 nitrogen and oxygen atoms in total. The second kappa shape index (κ2) is 8.66. The molecule has 26 heavy (non-hydrogen) atoms. The van der Waals surface area contributed by atoms with Gasteiger partial charge in [0, 0.05) is 0 Å². The van der Waals surface area contributed by atoms with Crippen molar-refractivity contribution in [3.63, 3.8) is 0 Å². The molecule has 0 aliphatic rings. The number of esters is 2. The van der Waals surface area contributed by atoms with Crippen molar-refractivity contribution < 1.29 is 28.6 Å². The van der Waals surface area contributed by atoms with Gasteiger partial charge in [-0.25, -0.2) is 9.59 Å². The van der Waals surface area contributed by atoms with Crippen LogP contribution in [0, 0.1) is 0 Å². The molecule has 1 N–H and O–H groups in total. The highest BCUT2D eigenvalue weighted by Gasteiger charge is 2.17. The molecular weight excluding hydrogens is 338 g/mol. The van der Waals surface area contributed by atoms with Gasteiger partial charge in [0.15, 0.2) is 0 Å². The molecule has 136 valence electrons. The van der Waals surface area contributed by atoms with Gasteiger partial charge in [-0.15, -0.1) is 0 Å². The van der Waals surface area contributed by atoms with Crippen LogP contribution in [0.2, 0.25) is 0 Å². The van der Waals surface area contributed by atoms with Crippen LogP contribution in [0.5, 0.6) is 5.75 Å². The highest BCUT2D eigenvalue weighted by Crippen LogP contribution is 2.20. The Kier molecular flexibility index (Phi) is 6.32. The van der Waals surface area contributed by atoms with E-state index in [0.29, 0.717) is 5.75 Å². The van der Waals surface area contributed by atoms with Crippen molar-refractivity contribution in [2.75, 3.05) is 26.6 Å². The number of rotatable bonds is 6. The van der Waals surface area contributed by atoms with Gasteiger partial charge < -0.3 is 19.5 Å². The third kappa shape index (κ3) is 4.60. The van der Waals surface area contributed by atoms with Crippen LogP contribution in [0.25, 0.3) is 0 Å². The fraction of sp³-hybridized carbons (Fsp3) is 0.211. The summed E-state index contributed by atoms with van der Waals surface area (Å²) in [7, 11) is 4.04. The fourth-order valence-corrected chi connectivity index (χ4v) is 2.30. The molecule has 2 aromatic carbocycles. The Morgan fingerprint density at radius 3 is 2.12 bits per heavy atom. The Labute approximate surface area is 150 Å². The van der Waals surface area contributed by atoms with E-state index in [2.05, 4.69) is 10.1 Å². The predicted molar refractivity (Wildman–Crippen MR) is 94.4 cm³/mol. The zero-order chi connectivity index (χ0) is 19.1. The van der Waals surface area contributed by atoms with Crippen LogP contribution in [0.3, 0.4) is 0 Å². The van der Waals surface area contributed by atoms with E-state index in [1.165, 1.54) is 32.4 Å². The van der Waals surface area contributed by atoms with Gasteiger partial charge in [0.25, 0.3) is 0 Å². The molecule has 0 aliphatic carbocycles. The summed E-state index contributed by atoms with van der Waals surface area (Å²) >= 11 is 0. The number of hydrogen-bond donors (Lipinski definition) is 1. The number of anilines is 1. The van der Waals surface area contributed by atoms with Gasteiger partial charge in [0.05, 0.1) is 44.6 Å². The number of benzene rings is 2. The first-order chi connectivity index (χ1) is 12.5. The molecule has 0 saturated carbocycles. The molecule has 0 spiro atoms. The van der Waals surface area contributed by atoms with Crippen LogP contribution in [0.4, 0.5) is 5.69 Å². The van der Waals surface area contributed by atoms with Crippen molar-refractivity contribution in [2.45, 2.75) is 6.42 Å². The van der Waals surface area contributed by atoms with Crippen LogP contribution < -0.4 is 10.1 Å². The quantitative estimate of drug-likeness (QED) is 0.799. The molecule has 0 atom stereocenters. The molecule has 0 bridgehead atoms. The number of carbonyl (C=O) groups excluding carboxylic acids is 3. The molecule has 1 amide bonds. The molecule has 7 heteroatoms. The van der Waals surface area contributed by atoms with Crippen LogP contribution >= 0.6 is 0 Å². The lowest BCUT2D eigenvalue weighted by molar-refractivity contribution is -0.115. The van der Waals surface area contributed by atoms with Gasteiger partial charge in [0.2, 0.25) is 5.91 Å². The van der Waals surface area contributed by atoms with Crippen molar-refractivity contribution >= 4 is 23.5 Å². The molecule has 0 aromatic heterocycles. The van der Waals surface area contributed by atoms with Crippen LogP contribution in [-0.2, 0) is 20.7 Å². The largest absolute Gasteiger partial charge is 0.497 e. The first-order valence-corrected chi connectivity index (χ1v) is 7.72. The lowest BCUT2D eigenvalue weighted by Crippen LogP contribution is -2.18. The molecule has 0 fully saturated rings. The third-order valence-electron chi connectivity index (χ3n) is 3.64. The van der Waals surface area contributed by atoms with Gasteiger partial charge in [-0.05, 0) is 35.9 Å². The Hall–Kier alpha value is -3.35. The summed E-state index contributed by atoms with van der Waals surface area (Å²) in [5.41, 5.74) is 1.30. The average Bonchev–Trinajstić information content (AvgIpc) is 2.67. The standard InChI is InChI=1S/C19H19NO6/c1-24-14-7-4-12(5-8-14)10-17(21)20-16-11-13(18(22)25-2)6-9-15(16)19(23)26-3/h4-9,11H,10H2,1-3H3,(H,20,21). The number of carbonyl (C=O) groups is 3. The highest BCUT2D eigenvalue weighted by atomic mass is 16.5. The summed E-state index contributed by atoms with van der Waals surface area (Å²) in [6, 6.07) is 11.2. The molecular formula is C19H19NO6. The lowest BCUT2D eigenvalue weighted by Gasteiger charge is -2.11. The zero-order valence-corrected chi connectivity index (χ0v) is 14.7. The first-order valence-electron chi connectivity index (χ1n) is 7.72. The Balaban J connectivity index is 2.22. The van der Waals surface area contributed by atoms with E-state index < -0.39 is 11.9 Å². The molecule has 0 aliphatic heterocycles. The normalized spacial score (nSPS) is 9.96. The van der Waals surface area contributed by atoms with Crippen molar-refractivity contribution in [3.8, 4) is 5.75 Å². The van der Waals surface area contributed by atoms with Crippen molar-refractivity contribution in [3.05, 3.63) is 59.2 Å². The molecule has 0 saturated heterocycles. The molecule has 2 aromatic rings. The van der Waals surface area contributed by atoms with E-state index in [4.69, 9.17) is 9.47 Å². The van der Waals surface area contributed by atoms with Gasteiger partial charge >= 0.3 is 11.9 Å². The van der Waals surface area contributed by atoms with Crippen LogP contribution in [0.15, 0.2) is 42.5 Å². The van der Waals surface area contributed by atoms with Gasteiger partial charge in [-0.2, -0.15) is 0 Å². The summed E-state index contributed by atoms with van der Waals surface area (Å²) < 4.78 is 14.4. The maximum Gasteiger partial charge on any atom is 0.339 e. The van der Waals surface area contributed by atoms with Crippen molar-refractivity contribution in [1.29, 1.82) is 0 Å². The average molecular weight is 357 g/mol. The maximum atomic E-state index is 12.3. The minimum Gasteiger partial charge on any atom is -0.497 e. The number of methoxy groups -OCH3 is 3. The van der Waals surface area contributed by atoms with Gasteiger partial charge in [0.1, 0.15) is 5.75 Å². The third-order valence-corrected chi connectivity index (χ3v) is 3.64. The molecule has 0 heterocycles. The monoisotopic (exact) mass is 357 g/mol. The Morgan fingerprint density at radius 2 is 1.54 bits per heavy atom. The fourth-order valence-electron chi connectivity index (χ4n) is 2.30. The Bertz CT molecular complexity index is 813. The maximum absolute atomic E-state index is 12.3. The summed E-state index contributed by atoms with van der Waals surface area (Å²) in [5, 5.41) is 2.64. The zero-order valence-electron chi connectivity index (χ0n) is 14.7. The summed E-state index contributed by atoms with van der Waals surface area (Å²) in [6.45, 7) is 0. The first kappa shape index (κ1) is 19.0. The second-order valence-electron chi connectivity index (χ2n) is 5.32. The molecule has 2 rings (SSSR count). The minimum absolute atomic E-state index is 0.0903. The van der Waals surface area contributed by atoms with E-state index >= 15 is 0 Å². The topological polar surface area (TPSA) is 90.9 Å². The number of amides is 1. The second-order valence-corrected chi connectivity index (χ2v) is 5.32. The molecule has 0 radical (unpaired) electrons. The lowest BCUT2D eigenvalue weighted by atomic mass is 10.1. The van der Waals surface area contributed by atoms with Crippen molar-refractivity contribution in [1.82, 2.24) is 0 Å². The van der Waals surface area contributed by atoms with E-state index in [-0.39, 0.29) is 29.1 Å². The Morgan fingerprint density at radius 1 is 0.885 bits per heavy atom. The summed E-state index contributed by atoms with van der Waals surface area (Å²) in [6.07, 6.45) is 0.0903. The van der Waals surface area contributed by atoms with Gasteiger partial charge in [-0.3, -0.25) is 4.79 Å². The number of ether oxygens (including phenoxy) is 3. The van der Waals surface area contributed by atoms with Crippen molar-refractivity contribution in [2.24, 2.45) is 0 Å². The van der Waals surface area contributed by atoms with E-state index in [0.717, 1.165) is 5.56 Å². The molecule has 0 unspecified atom stereocenters. The van der Waals surface area contributed by atoms with E-state index in [9.17, 15) is 14.4 Å². The van der Waals surface area contributed by atoms with Crippen LogP contribution in [0.1, 0.15) is 26.3 Å². The number of nitrogens with one attached hydrogen (secondary N) is 1. The van der Waals surface area contributed by atoms with E-state index in [1.54, 1.807) is 31.4 Å².